The number of halogens is 2. The van der Waals surface area contributed by atoms with Gasteiger partial charge in [-0.1, -0.05) is 108 Å². The Morgan fingerprint density at radius 1 is 0.611 bits per heavy atom. The van der Waals surface area contributed by atoms with Crippen LogP contribution in [0.2, 0.25) is 0 Å². The van der Waals surface area contributed by atoms with E-state index in [1.165, 1.54) is 44.8 Å². The molecule has 0 fully saturated rings. The van der Waals surface area contributed by atoms with Gasteiger partial charge >= 0.3 is 26.2 Å². The number of allylic oxidation sites excluding steroid dienone is 4. The summed E-state index contributed by atoms with van der Waals surface area (Å²) in [6.07, 6.45) is 10.0. The predicted molar refractivity (Wildman–Crippen MR) is 145 cm³/mol. The van der Waals surface area contributed by atoms with Crippen molar-refractivity contribution in [2.24, 2.45) is 0 Å². The summed E-state index contributed by atoms with van der Waals surface area (Å²) in [6.45, 7) is 0. The van der Waals surface area contributed by atoms with Gasteiger partial charge in [0.2, 0.25) is 0 Å². The summed E-state index contributed by atoms with van der Waals surface area (Å²) in [6, 6.07) is 43.1. The van der Waals surface area contributed by atoms with E-state index in [0.717, 1.165) is 15.9 Å². The second-order valence-corrected chi connectivity index (χ2v) is 9.10. The van der Waals surface area contributed by atoms with Gasteiger partial charge in [0.05, 0.1) is 0 Å². The van der Waals surface area contributed by atoms with E-state index < -0.39 is 0 Å². The maximum Gasteiger partial charge on any atom is 4.00 e. The molecule has 1 aliphatic rings. The molecule has 5 aromatic carbocycles. The van der Waals surface area contributed by atoms with E-state index in [1.54, 1.807) is 0 Å². The van der Waals surface area contributed by atoms with Crippen molar-refractivity contribution in [2.75, 3.05) is 0 Å². The molecule has 1 aliphatic carbocycles. The van der Waals surface area contributed by atoms with Crippen LogP contribution in [-0.2, 0) is 38.3 Å². The molecule has 0 saturated carbocycles. The van der Waals surface area contributed by atoms with Gasteiger partial charge in [0.25, 0.3) is 0 Å². The van der Waals surface area contributed by atoms with Gasteiger partial charge in [0, 0.05) is 9.52 Å². The average molecular weight is 603 g/mol. The summed E-state index contributed by atoms with van der Waals surface area (Å²) in [7, 11) is 0.987. The topological polar surface area (TPSA) is 0 Å². The van der Waals surface area contributed by atoms with Gasteiger partial charge in [0.1, 0.15) is 0 Å². The van der Waals surface area contributed by atoms with Gasteiger partial charge in [-0.3, -0.25) is 6.08 Å². The standard InChI is InChI=1S/C14H14Si.C13H9.C5H5.2ClH.Zr/c1-3-7-13(8-4-1)11-15-12-14-9-5-2-6-10-14;1-3-7-12-10(5-1)9-11-6-2-4-8-13(11)12;1-2-4-5-3-1;;;/h1-10H,11-12H2;1-9H;1-3H,4H2;2*1H;/q;2*-1;;;+4/p-2. The number of hydrogen-bond donors (Lipinski definition) is 0. The number of hydrogen-bond acceptors (Lipinski definition) is 0. The number of benzene rings is 4. The van der Waals surface area contributed by atoms with Crippen molar-refractivity contribution in [3.05, 3.63) is 151 Å². The molecule has 0 aliphatic heterocycles. The predicted octanol–water partition coefficient (Wildman–Crippen LogP) is 2.11. The number of rotatable bonds is 4. The molecule has 5 aromatic rings. The molecule has 178 valence electrons. The minimum Gasteiger partial charge on any atom is -1.00 e. The summed E-state index contributed by atoms with van der Waals surface area (Å²) in [5.41, 5.74) is 2.90. The monoisotopic (exact) mass is 600 g/mol. The fourth-order valence-electron chi connectivity index (χ4n) is 3.79. The van der Waals surface area contributed by atoms with Crippen LogP contribution in [0.1, 0.15) is 17.5 Å². The van der Waals surface area contributed by atoms with Crippen molar-refractivity contribution in [3.63, 3.8) is 0 Å². The van der Waals surface area contributed by atoms with Crippen molar-refractivity contribution in [2.45, 2.75) is 18.5 Å². The van der Waals surface area contributed by atoms with Crippen LogP contribution in [0.15, 0.2) is 133 Å². The van der Waals surface area contributed by atoms with E-state index >= 15 is 0 Å². The van der Waals surface area contributed by atoms with Crippen molar-refractivity contribution >= 4 is 31.1 Å². The second-order valence-electron chi connectivity index (χ2n) is 7.90. The van der Waals surface area contributed by atoms with E-state index in [2.05, 4.69) is 127 Å². The molecule has 36 heavy (non-hydrogen) atoms. The molecule has 0 nitrogen and oxygen atoms in total. The molecule has 0 atom stereocenters. The molecular formula is C32H28Cl2SiZr. The molecule has 0 N–H and O–H groups in total. The van der Waals surface area contributed by atoms with E-state index in [1.807, 2.05) is 12.2 Å². The minimum absolute atomic E-state index is 0. The SMILES string of the molecule is [C-]1=CC=CC1.[Cl-].[Cl-].[Zr+4].c1ccc(C[Si]Cc2ccccc2)cc1.c1ccc2c(c1)[cH-]c1ccccc12. The summed E-state index contributed by atoms with van der Waals surface area (Å²) >= 11 is 0. The molecule has 0 aromatic heterocycles. The van der Waals surface area contributed by atoms with Gasteiger partial charge in [-0.15, -0.1) is 46.2 Å². The van der Waals surface area contributed by atoms with E-state index in [-0.39, 0.29) is 51.0 Å². The van der Waals surface area contributed by atoms with Gasteiger partial charge in [-0.05, 0) is 12.1 Å². The Hall–Kier alpha value is -2.09. The molecule has 0 spiro atoms. The maximum absolute atomic E-state index is 2.99. The van der Waals surface area contributed by atoms with Gasteiger partial charge < -0.3 is 24.8 Å². The first kappa shape index (κ1) is 31.9. The summed E-state index contributed by atoms with van der Waals surface area (Å²) in [5.74, 6) is 0. The van der Waals surface area contributed by atoms with Crippen LogP contribution in [0, 0.1) is 6.08 Å². The van der Waals surface area contributed by atoms with Gasteiger partial charge in [-0.25, -0.2) is 12.2 Å². The van der Waals surface area contributed by atoms with Gasteiger partial charge in [0.15, 0.2) is 0 Å². The third kappa shape index (κ3) is 10.1. The molecule has 0 unspecified atom stereocenters. The smallest absolute Gasteiger partial charge is 1.00 e. The fraction of sp³-hybridized carbons (Fsp3) is 0.0938. The molecule has 0 heterocycles. The van der Waals surface area contributed by atoms with Crippen molar-refractivity contribution < 1.29 is 51.0 Å². The Balaban J connectivity index is 0.000000284. The van der Waals surface area contributed by atoms with Crippen LogP contribution >= 0.6 is 0 Å². The van der Waals surface area contributed by atoms with E-state index in [4.69, 9.17) is 0 Å². The molecule has 4 heteroatoms. The van der Waals surface area contributed by atoms with Crippen molar-refractivity contribution in [3.8, 4) is 0 Å². The third-order valence-corrected chi connectivity index (χ3v) is 6.77. The first-order chi connectivity index (χ1) is 16.4. The number of fused-ring (bicyclic) bond motifs is 3. The first-order valence-corrected chi connectivity index (χ1v) is 12.8. The Kier molecular flexibility index (Phi) is 16.1. The third-order valence-electron chi connectivity index (χ3n) is 5.45. The van der Waals surface area contributed by atoms with Crippen molar-refractivity contribution in [1.82, 2.24) is 0 Å². The zero-order valence-electron chi connectivity index (χ0n) is 20.1. The summed E-state index contributed by atoms with van der Waals surface area (Å²) in [4.78, 5) is 0. The Bertz CT molecular complexity index is 1210. The summed E-state index contributed by atoms with van der Waals surface area (Å²) in [5, 5.41) is 5.39. The maximum atomic E-state index is 2.99. The quantitative estimate of drug-likeness (QED) is 0.219. The molecule has 2 radical (unpaired) electrons. The Morgan fingerprint density at radius 3 is 1.44 bits per heavy atom. The van der Waals surface area contributed by atoms with Crippen molar-refractivity contribution in [1.29, 1.82) is 0 Å². The van der Waals surface area contributed by atoms with Gasteiger partial charge in [-0.2, -0.15) is 6.08 Å². The first-order valence-electron chi connectivity index (χ1n) is 11.4. The van der Waals surface area contributed by atoms with Crippen LogP contribution in [-0.4, -0.2) is 9.52 Å². The van der Waals surface area contributed by atoms with Crippen LogP contribution < -0.4 is 24.8 Å². The fourth-order valence-corrected chi connectivity index (χ4v) is 4.96. The van der Waals surface area contributed by atoms with Crippen LogP contribution in [0.4, 0.5) is 0 Å². The van der Waals surface area contributed by atoms with Crippen LogP contribution in [0.25, 0.3) is 21.5 Å². The largest absolute Gasteiger partial charge is 4.00 e. The Morgan fingerprint density at radius 2 is 1.06 bits per heavy atom. The minimum atomic E-state index is 0. The zero-order valence-corrected chi connectivity index (χ0v) is 25.0. The molecule has 6 rings (SSSR count). The molecule has 0 bridgehead atoms. The van der Waals surface area contributed by atoms with Crippen LogP contribution in [0.5, 0.6) is 0 Å². The molecule has 0 amide bonds. The van der Waals surface area contributed by atoms with Crippen LogP contribution in [0.3, 0.4) is 0 Å². The van der Waals surface area contributed by atoms with E-state index in [0.29, 0.717) is 0 Å². The average Bonchev–Trinajstić information content (AvgIpc) is 3.58. The summed E-state index contributed by atoms with van der Waals surface area (Å²) < 4.78 is 0. The molecular weight excluding hydrogens is 575 g/mol. The second kappa shape index (κ2) is 18.2. The molecule has 0 saturated heterocycles. The Labute approximate surface area is 249 Å². The van der Waals surface area contributed by atoms with E-state index in [9.17, 15) is 0 Å². The normalized spacial score (nSPS) is 10.7. The zero-order chi connectivity index (χ0) is 22.6.